The molecule has 0 spiro atoms. The van der Waals surface area contributed by atoms with Crippen molar-refractivity contribution in [3.8, 4) is 23.5 Å². The van der Waals surface area contributed by atoms with Crippen molar-refractivity contribution in [3.63, 3.8) is 0 Å². The maximum absolute atomic E-state index is 14.0. The number of hydrogen-bond acceptors (Lipinski definition) is 7. The topological polar surface area (TPSA) is 92.8 Å². The largest absolute Gasteiger partial charge is 0.464 e. The molecule has 0 amide bonds. The predicted octanol–water partition coefficient (Wildman–Crippen LogP) is 3.74. The van der Waals surface area contributed by atoms with Gasteiger partial charge in [-0.05, 0) is 31.0 Å². The van der Waals surface area contributed by atoms with Gasteiger partial charge in [0.15, 0.2) is 5.65 Å². The Morgan fingerprint density at radius 1 is 1.09 bits per heavy atom. The number of benzene rings is 1. The van der Waals surface area contributed by atoms with Crippen LogP contribution in [0.3, 0.4) is 0 Å². The van der Waals surface area contributed by atoms with E-state index in [0.29, 0.717) is 41.4 Å². The van der Waals surface area contributed by atoms with E-state index < -0.39 is 5.82 Å². The van der Waals surface area contributed by atoms with Crippen molar-refractivity contribution in [2.45, 2.75) is 26.9 Å². The van der Waals surface area contributed by atoms with Crippen LogP contribution in [0, 0.1) is 30.0 Å². The summed E-state index contributed by atoms with van der Waals surface area (Å²) >= 11 is 0. The Kier molecular flexibility index (Phi) is 5.90. The molecule has 0 aliphatic carbocycles. The molecule has 0 atom stereocenters. The maximum atomic E-state index is 14.0. The van der Waals surface area contributed by atoms with Gasteiger partial charge < -0.3 is 9.30 Å². The van der Waals surface area contributed by atoms with E-state index in [1.165, 1.54) is 17.8 Å². The first kappa shape index (κ1) is 21.9. The summed E-state index contributed by atoms with van der Waals surface area (Å²) in [5.74, 6) is 0.291. The van der Waals surface area contributed by atoms with Crippen LogP contribution in [-0.2, 0) is 13.1 Å². The Morgan fingerprint density at radius 2 is 1.82 bits per heavy atom. The van der Waals surface area contributed by atoms with Gasteiger partial charge in [-0.25, -0.2) is 9.37 Å². The number of hydrogen-bond donors (Lipinski definition) is 0. The van der Waals surface area contributed by atoms with E-state index >= 15 is 0 Å². The lowest BCUT2D eigenvalue weighted by molar-refractivity contribution is 0.127. The summed E-state index contributed by atoms with van der Waals surface area (Å²) in [6.45, 7) is 7.16. The lowest BCUT2D eigenvalue weighted by Crippen LogP contribution is -2.45. The normalized spacial score (nSPS) is 14.2. The third-order valence-corrected chi connectivity index (χ3v) is 5.89. The van der Waals surface area contributed by atoms with E-state index in [1.54, 1.807) is 6.20 Å². The molecule has 4 aromatic rings. The van der Waals surface area contributed by atoms with Gasteiger partial charge in [-0.2, -0.15) is 15.2 Å². The van der Waals surface area contributed by atoms with Crippen molar-refractivity contribution >= 4 is 11.2 Å². The molecule has 1 fully saturated rings. The number of pyridine rings is 1. The number of rotatable bonds is 7. The molecule has 3 aromatic heterocycles. The average molecular weight is 458 g/mol. The van der Waals surface area contributed by atoms with Crippen molar-refractivity contribution < 1.29 is 9.13 Å². The molecule has 1 saturated heterocycles. The molecule has 0 bridgehead atoms. The van der Waals surface area contributed by atoms with Crippen LogP contribution in [0.2, 0.25) is 0 Å². The molecular weight excluding hydrogens is 433 g/mol. The fourth-order valence-electron chi connectivity index (χ4n) is 4.18. The summed E-state index contributed by atoms with van der Waals surface area (Å²) in [6.07, 6.45) is 2.77. The van der Waals surface area contributed by atoms with E-state index in [-0.39, 0.29) is 11.9 Å². The second kappa shape index (κ2) is 9.15. The van der Waals surface area contributed by atoms with Gasteiger partial charge in [0.25, 0.3) is 0 Å². The van der Waals surface area contributed by atoms with E-state index in [2.05, 4.69) is 50.2 Å². The summed E-state index contributed by atoms with van der Waals surface area (Å²) in [6, 6.07) is 12.4. The fourth-order valence-corrected chi connectivity index (χ4v) is 4.18. The highest BCUT2D eigenvalue weighted by Gasteiger charge is 2.26. The number of ether oxygens (including phenoxy) is 1. The Balaban J connectivity index is 1.49. The van der Waals surface area contributed by atoms with Crippen LogP contribution in [-0.4, -0.2) is 49.1 Å². The van der Waals surface area contributed by atoms with E-state index in [1.807, 2.05) is 18.4 Å². The van der Waals surface area contributed by atoms with Crippen molar-refractivity contribution in [3.05, 3.63) is 65.4 Å². The molecule has 5 rings (SSSR count). The highest BCUT2D eigenvalue weighted by Crippen LogP contribution is 2.28. The highest BCUT2D eigenvalue weighted by molar-refractivity contribution is 5.79. The average Bonchev–Trinajstić information content (AvgIpc) is 3.16. The first-order valence-corrected chi connectivity index (χ1v) is 11.2. The minimum Gasteiger partial charge on any atom is -0.464 e. The predicted molar refractivity (Wildman–Crippen MR) is 124 cm³/mol. The monoisotopic (exact) mass is 457 g/mol. The Hall–Kier alpha value is -3.90. The van der Waals surface area contributed by atoms with Crippen LogP contribution in [0.4, 0.5) is 4.39 Å². The first-order valence-electron chi connectivity index (χ1n) is 11.2. The van der Waals surface area contributed by atoms with Crippen molar-refractivity contribution in [1.29, 1.82) is 5.26 Å². The standard InChI is InChI=1S/C25H24FN7O/c1-3-34-25-29-16(2)22-24(31-25)33(23(30-22)20-8-21(26)11-28-10-20)15-18-6-4-17(5-7-18)12-32-13-19(9-27)14-32/h4-8,10-11,19H,3,12-15H2,1-2H3. The van der Waals surface area contributed by atoms with Gasteiger partial charge in [0, 0.05) is 31.4 Å². The molecule has 1 aliphatic heterocycles. The molecule has 0 saturated carbocycles. The maximum Gasteiger partial charge on any atom is 0.318 e. The number of likely N-dealkylation sites (tertiary alicyclic amines) is 1. The lowest BCUT2D eigenvalue weighted by Gasteiger charge is -2.35. The molecule has 1 aromatic carbocycles. The van der Waals surface area contributed by atoms with Crippen LogP contribution in [0.5, 0.6) is 6.01 Å². The van der Waals surface area contributed by atoms with Gasteiger partial charge in [-0.3, -0.25) is 9.88 Å². The van der Waals surface area contributed by atoms with Gasteiger partial charge >= 0.3 is 6.01 Å². The minimum atomic E-state index is -0.428. The molecule has 4 heterocycles. The number of imidazole rings is 1. The van der Waals surface area contributed by atoms with Gasteiger partial charge in [0.1, 0.15) is 17.2 Å². The number of halogens is 1. The van der Waals surface area contributed by atoms with E-state index in [9.17, 15) is 4.39 Å². The zero-order valence-electron chi connectivity index (χ0n) is 19.1. The zero-order valence-corrected chi connectivity index (χ0v) is 19.1. The molecular formula is C25H24FN7O. The van der Waals surface area contributed by atoms with Crippen molar-refractivity contribution in [1.82, 2.24) is 29.4 Å². The molecule has 0 unspecified atom stereocenters. The molecule has 1 aliphatic rings. The quantitative estimate of drug-likeness (QED) is 0.417. The first-order chi connectivity index (χ1) is 16.5. The van der Waals surface area contributed by atoms with Crippen molar-refractivity contribution in [2.75, 3.05) is 19.7 Å². The third kappa shape index (κ3) is 4.32. The second-order valence-corrected chi connectivity index (χ2v) is 8.45. The minimum absolute atomic E-state index is 0.150. The van der Waals surface area contributed by atoms with Gasteiger partial charge in [0.05, 0.1) is 37.0 Å². The Labute approximate surface area is 196 Å². The second-order valence-electron chi connectivity index (χ2n) is 8.45. The number of aromatic nitrogens is 5. The van der Waals surface area contributed by atoms with Crippen LogP contribution in [0.1, 0.15) is 23.7 Å². The van der Waals surface area contributed by atoms with Crippen LogP contribution in [0.25, 0.3) is 22.6 Å². The number of fused-ring (bicyclic) bond motifs is 1. The summed E-state index contributed by atoms with van der Waals surface area (Å²) in [5.41, 5.74) is 4.78. The fraction of sp³-hybridized carbons (Fsp3) is 0.320. The number of nitriles is 1. The molecule has 0 radical (unpaired) electrons. The number of nitrogens with zero attached hydrogens (tertiary/aromatic N) is 7. The zero-order chi connectivity index (χ0) is 23.7. The third-order valence-electron chi connectivity index (χ3n) is 5.89. The van der Waals surface area contributed by atoms with Crippen LogP contribution < -0.4 is 4.74 Å². The smallest absolute Gasteiger partial charge is 0.318 e. The van der Waals surface area contributed by atoms with Gasteiger partial charge in [-0.15, -0.1) is 0 Å². The molecule has 34 heavy (non-hydrogen) atoms. The molecule has 0 N–H and O–H groups in total. The molecule has 9 heteroatoms. The Bertz CT molecular complexity index is 1370. The van der Waals surface area contributed by atoms with Crippen LogP contribution >= 0.6 is 0 Å². The highest BCUT2D eigenvalue weighted by atomic mass is 19.1. The van der Waals surface area contributed by atoms with E-state index in [0.717, 1.165) is 25.2 Å². The van der Waals surface area contributed by atoms with Crippen LogP contribution in [0.15, 0.2) is 42.7 Å². The lowest BCUT2D eigenvalue weighted by atomic mass is 10.0. The molecule has 8 nitrogen and oxygen atoms in total. The number of aryl methyl sites for hydroxylation is 1. The molecule has 172 valence electrons. The SMILES string of the molecule is CCOc1nc(C)c2nc(-c3cncc(F)c3)n(Cc3ccc(CN4CC(C#N)C4)cc3)c2n1. The summed E-state index contributed by atoms with van der Waals surface area (Å²) in [5, 5.41) is 8.96. The summed E-state index contributed by atoms with van der Waals surface area (Å²) in [7, 11) is 0. The van der Waals surface area contributed by atoms with Gasteiger partial charge in [0.2, 0.25) is 0 Å². The van der Waals surface area contributed by atoms with E-state index in [4.69, 9.17) is 15.0 Å². The summed E-state index contributed by atoms with van der Waals surface area (Å²) in [4.78, 5) is 20.0. The van der Waals surface area contributed by atoms with Crippen molar-refractivity contribution in [2.24, 2.45) is 5.92 Å². The van der Waals surface area contributed by atoms with Gasteiger partial charge in [-0.1, -0.05) is 24.3 Å². The Morgan fingerprint density at radius 3 is 2.50 bits per heavy atom. The summed E-state index contributed by atoms with van der Waals surface area (Å²) < 4.78 is 21.5.